The fourth-order valence-electron chi connectivity index (χ4n) is 1.70. The van der Waals surface area contributed by atoms with Crippen LogP contribution in [0.25, 0.3) is 0 Å². The van der Waals surface area contributed by atoms with Gasteiger partial charge in [-0.15, -0.1) is 0 Å². The highest BCUT2D eigenvalue weighted by atomic mass is 79.9. The highest BCUT2D eigenvalue weighted by molar-refractivity contribution is 9.10. The summed E-state index contributed by atoms with van der Waals surface area (Å²) in [5.74, 6) is -0.210. The molecule has 21 heavy (non-hydrogen) atoms. The molecule has 0 spiro atoms. The van der Waals surface area contributed by atoms with Crippen LogP contribution >= 0.6 is 27.5 Å². The normalized spacial score (nSPS) is 10.2. The van der Waals surface area contributed by atoms with Crippen molar-refractivity contribution in [3.63, 3.8) is 0 Å². The number of rotatable bonds is 4. The molecule has 2 rings (SSSR count). The lowest BCUT2D eigenvalue weighted by Gasteiger charge is -2.06. The Bertz CT molecular complexity index is 689. The molecule has 0 radical (unpaired) electrons. The molecule has 0 saturated carbocycles. The standard InChI is InChI=1S/C14H10BrClN2O3/c15-12-8-10(3-6-13(12)16)17-14(19)7-9-1-4-11(5-2-9)18(20)21/h1-6,8H,7H2,(H,17,19). The molecule has 2 aromatic carbocycles. The Kier molecular flexibility index (Phi) is 4.93. The van der Waals surface area contributed by atoms with Gasteiger partial charge in [0.15, 0.2) is 0 Å². The molecule has 0 unspecified atom stereocenters. The van der Waals surface area contributed by atoms with Crippen LogP contribution in [0.3, 0.4) is 0 Å². The molecule has 0 aliphatic heterocycles. The Morgan fingerprint density at radius 3 is 2.48 bits per heavy atom. The first-order valence-corrected chi connectivity index (χ1v) is 7.11. The highest BCUT2D eigenvalue weighted by Crippen LogP contribution is 2.25. The Labute approximate surface area is 134 Å². The summed E-state index contributed by atoms with van der Waals surface area (Å²) in [7, 11) is 0. The molecule has 7 heteroatoms. The Morgan fingerprint density at radius 1 is 1.24 bits per heavy atom. The van der Waals surface area contributed by atoms with Crippen LogP contribution in [0.5, 0.6) is 0 Å². The van der Waals surface area contributed by atoms with Crippen molar-refractivity contribution in [2.75, 3.05) is 5.32 Å². The zero-order chi connectivity index (χ0) is 15.4. The van der Waals surface area contributed by atoms with Gasteiger partial charge in [-0.25, -0.2) is 0 Å². The third-order valence-electron chi connectivity index (χ3n) is 2.72. The van der Waals surface area contributed by atoms with Crippen molar-refractivity contribution in [3.05, 3.63) is 67.6 Å². The van der Waals surface area contributed by atoms with Gasteiger partial charge in [0.2, 0.25) is 5.91 Å². The number of benzene rings is 2. The van der Waals surface area contributed by atoms with E-state index in [1.807, 2.05) is 0 Å². The number of nitro benzene ring substituents is 1. The Balaban J connectivity index is 2.01. The molecule has 0 aliphatic carbocycles. The summed E-state index contributed by atoms with van der Waals surface area (Å²) in [6.07, 6.45) is 0.137. The maximum Gasteiger partial charge on any atom is 0.269 e. The summed E-state index contributed by atoms with van der Waals surface area (Å²) in [5.41, 5.74) is 1.32. The van der Waals surface area contributed by atoms with Crippen LogP contribution in [-0.4, -0.2) is 10.8 Å². The van der Waals surface area contributed by atoms with E-state index in [4.69, 9.17) is 11.6 Å². The van der Waals surface area contributed by atoms with Gasteiger partial charge in [0.05, 0.1) is 16.4 Å². The number of non-ortho nitro benzene ring substituents is 1. The number of nitrogens with zero attached hydrogens (tertiary/aromatic N) is 1. The summed E-state index contributed by atoms with van der Waals surface area (Å²) < 4.78 is 0.692. The monoisotopic (exact) mass is 368 g/mol. The van der Waals surface area contributed by atoms with Gasteiger partial charge in [-0.3, -0.25) is 14.9 Å². The minimum atomic E-state index is -0.477. The quantitative estimate of drug-likeness (QED) is 0.648. The molecule has 2 aromatic rings. The molecule has 0 aliphatic rings. The number of amides is 1. The van der Waals surface area contributed by atoms with Gasteiger partial charge in [0.25, 0.3) is 5.69 Å². The average molecular weight is 370 g/mol. The van der Waals surface area contributed by atoms with E-state index in [0.29, 0.717) is 20.7 Å². The molecule has 0 aromatic heterocycles. The zero-order valence-electron chi connectivity index (χ0n) is 10.7. The summed E-state index contributed by atoms with van der Waals surface area (Å²) >= 11 is 9.15. The van der Waals surface area contributed by atoms with Crippen LogP contribution in [0, 0.1) is 10.1 Å². The lowest BCUT2D eigenvalue weighted by atomic mass is 10.1. The fourth-order valence-corrected chi connectivity index (χ4v) is 2.20. The number of carbonyl (C=O) groups is 1. The first kappa shape index (κ1) is 15.5. The number of halogens is 2. The molecule has 1 N–H and O–H groups in total. The van der Waals surface area contributed by atoms with Crippen LogP contribution < -0.4 is 5.32 Å². The van der Waals surface area contributed by atoms with Gasteiger partial charge < -0.3 is 5.32 Å². The first-order chi connectivity index (χ1) is 9.95. The van der Waals surface area contributed by atoms with Crippen LogP contribution in [0.2, 0.25) is 5.02 Å². The minimum Gasteiger partial charge on any atom is -0.326 e. The molecule has 0 heterocycles. The SMILES string of the molecule is O=C(Cc1ccc([N+](=O)[O-])cc1)Nc1ccc(Cl)c(Br)c1. The molecule has 0 saturated heterocycles. The third-order valence-corrected chi connectivity index (χ3v) is 3.93. The van der Waals surface area contributed by atoms with E-state index in [0.717, 1.165) is 0 Å². The fraction of sp³-hybridized carbons (Fsp3) is 0.0714. The zero-order valence-corrected chi connectivity index (χ0v) is 13.0. The van der Waals surface area contributed by atoms with Crippen LogP contribution in [0.15, 0.2) is 46.9 Å². The van der Waals surface area contributed by atoms with E-state index in [1.165, 1.54) is 12.1 Å². The number of nitrogens with one attached hydrogen (secondary N) is 1. The van der Waals surface area contributed by atoms with Crippen LogP contribution in [0.1, 0.15) is 5.56 Å². The molecule has 108 valence electrons. The van der Waals surface area contributed by atoms with E-state index >= 15 is 0 Å². The van der Waals surface area contributed by atoms with Crippen molar-refractivity contribution in [3.8, 4) is 0 Å². The van der Waals surface area contributed by atoms with Gasteiger partial charge >= 0.3 is 0 Å². The summed E-state index contributed by atoms with van der Waals surface area (Å²) in [6.45, 7) is 0. The largest absolute Gasteiger partial charge is 0.326 e. The van der Waals surface area contributed by atoms with Gasteiger partial charge in [-0.2, -0.15) is 0 Å². The number of carbonyl (C=O) groups excluding carboxylic acids is 1. The second-order valence-electron chi connectivity index (χ2n) is 4.28. The van der Waals surface area contributed by atoms with Crippen LogP contribution in [0.4, 0.5) is 11.4 Å². The molecular weight excluding hydrogens is 360 g/mol. The van der Waals surface area contributed by atoms with Crippen molar-refractivity contribution in [1.82, 2.24) is 0 Å². The summed E-state index contributed by atoms with van der Waals surface area (Å²) in [6, 6.07) is 11.0. The molecule has 0 fully saturated rings. The van der Waals surface area contributed by atoms with E-state index in [2.05, 4.69) is 21.2 Å². The smallest absolute Gasteiger partial charge is 0.269 e. The molecule has 1 amide bonds. The lowest BCUT2D eigenvalue weighted by Crippen LogP contribution is -2.14. The van der Waals surface area contributed by atoms with Crippen LogP contribution in [-0.2, 0) is 11.2 Å². The van der Waals surface area contributed by atoms with E-state index in [-0.39, 0.29) is 18.0 Å². The topological polar surface area (TPSA) is 72.2 Å². The van der Waals surface area contributed by atoms with Crippen molar-refractivity contribution in [2.24, 2.45) is 0 Å². The number of hydrogen-bond donors (Lipinski definition) is 1. The maximum atomic E-state index is 11.9. The lowest BCUT2D eigenvalue weighted by molar-refractivity contribution is -0.384. The Morgan fingerprint density at radius 2 is 1.90 bits per heavy atom. The van der Waals surface area contributed by atoms with E-state index in [1.54, 1.807) is 30.3 Å². The average Bonchev–Trinajstić information content (AvgIpc) is 2.43. The third kappa shape index (κ3) is 4.27. The second kappa shape index (κ2) is 6.69. The van der Waals surface area contributed by atoms with Crippen molar-refractivity contribution in [2.45, 2.75) is 6.42 Å². The van der Waals surface area contributed by atoms with Gasteiger partial charge in [-0.1, -0.05) is 23.7 Å². The minimum absolute atomic E-state index is 0.000731. The number of anilines is 1. The molecule has 5 nitrogen and oxygen atoms in total. The predicted octanol–water partition coefficient (Wildman–Crippen LogP) is 4.19. The second-order valence-corrected chi connectivity index (χ2v) is 5.54. The van der Waals surface area contributed by atoms with E-state index < -0.39 is 4.92 Å². The first-order valence-electron chi connectivity index (χ1n) is 5.94. The highest BCUT2D eigenvalue weighted by Gasteiger charge is 2.08. The Hall–Kier alpha value is -1.92. The van der Waals surface area contributed by atoms with Gasteiger partial charge in [-0.05, 0) is 39.7 Å². The molecule has 0 atom stereocenters. The van der Waals surface area contributed by atoms with Crippen molar-refractivity contribution in [1.29, 1.82) is 0 Å². The van der Waals surface area contributed by atoms with Crippen molar-refractivity contribution < 1.29 is 9.72 Å². The van der Waals surface area contributed by atoms with Gasteiger partial charge in [0, 0.05) is 22.3 Å². The number of hydrogen-bond acceptors (Lipinski definition) is 3. The molecular formula is C14H10BrClN2O3. The summed E-state index contributed by atoms with van der Waals surface area (Å²) in [5, 5.41) is 13.8. The predicted molar refractivity (Wildman–Crippen MR) is 84.6 cm³/mol. The number of nitro groups is 1. The van der Waals surface area contributed by atoms with Crippen molar-refractivity contribution >= 4 is 44.8 Å². The van der Waals surface area contributed by atoms with Gasteiger partial charge in [0.1, 0.15) is 0 Å². The summed E-state index contributed by atoms with van der Waals surface area (Å²) in [4.78, 5) is 22.0. The molecule has 0 bridgehead atoms. The maximum absolute atomic E-state index is 11.9. The van der Waals surface area contributed by atoms with E-state index in [9.17, 15) is 14.9 Å².